The van der Waals surface area contributed by atoms with Crippen molar-refractivity contribution in [2.45, 2.75) is 33.6 Å². The highest BCUT2D eigenvalue weighted by Gasteiger charge is 2.48. The van der Waals surface area contributed by atoms with E-state index in [1.54, 1.807) is 6.08 Å². The first kappa shape index (κ1) is 10.3. The van der Waals surface area contributed by atoms with Crippen molar-refractivity contribution in [1.29, 1.82) is 0 Å². The zero-order valence-corrected chi connectivity index (χ0v) is 8.67. The van der Waals surface area contributed by atoms with Gasteiger partial charge >= 0.3 is 0 Å². The van der Waals surface area contributed by atoms with Gasteiger partial charge in [0.25, 0.3) is 0 Å². The van der Waals surface area contributed by atoms with Gasteiger partial charge in [0.1, 0.15) is 12.0 Å². The summed E-state index contributed by atoms with van der Waals surface area (Å²) in [5, 5.41) is 0. The molecular formula is C11H18O2. The second kappa shape index (κ2) is 3.95. The largest absolute Gasteiger partial charge is 0.498 e. The molecule has 2 heteroatoms. The van der Waals surface area contributed by atoms with Crippen LogP contribution in [0.3, 0.4) is 0 Å². The third kappa shape index (κ3) is 2.58. The lowest BCUT2D eigenvalue weighted by Gasteiger charge is -2.09. The van der Waals surface area contributed by atoms with Crippen LogP contribution in [0, 0.1) is 11.3 Å². The molecule has 0 aromatic carbocycles. The van der Waals surface area contributed by atoms with Crippen LogP contribution in [0.25, 0.3) is 0 Å². The van der Waals surface area contributed by atoms with Crippen LogP contribution >= 0.6 is 0 Å². The Bertz CT molecular complexity index is 216. The minimum atomic E-state index is 0.336. The number of allylic oxidation sites excluding steroid dienone is 2. The molecule has 1 atom stereocenters. The summed E-state index contributed by atoms with van der Waals surface area (Å²) in [6.45, 7) is 7.18. The standard InChI is InChI=1S/C11H18O2/c1-4-7-13-10(5-6-12)9-8-11(9,2)3/h5-6,9H,4,7-8H2,1-3H3. The van der Waals surface area contributed by atoms with Crippen molar-refractivity contribution < 1.29 is 9.53 Å². The van der Waals surface area contributed by atoms with Crippen LogP contribution in [-0.2, 0) is 9.53 Å². The summed E-state index contributed by atoms with van der Waals surface area (Å²) < 4.78 is 5.52. The highest BCUT2D eigenvalue weighted by Crippen LogP contribution is 2.55. The van der Waals surface area contributed by atoms with Crippen LogP contribution < -0.4 is 0 Å². The van der Waals surface area contributed by atoms with E-state index >= 15 is 0 Å². The van der Waals surface area contributed by atoms with Crippen molar-refractivity contribution in [2.75, 3.05) is 6.61 Å². The van der Waals surface area contributed by atoms with Gasteiger partial charge in [-0.3, -0.25) is 4.79 Å². The van der Waals surface area contributed by atoms with E-state index in [2.05, 4.69) is 20.8 Å². The van der Waals surface area contributed by atoms with Crippen molar-refractivity contribution in [1.82, 2.24) is 0 Å². The molecule has 13 heavy (non-hydrogen) atoms. The van der Waals surface area contributed by atoms with E-state index in [1.807, 2.05) is 0 Å². The highest BCUT2D eigenvalue weighted by molar-refractivity contribution is 5.66. The van der Waals surface area contributed by atoms with Crippen molar-refractivity contribution in [2.24, 2.45) is 11.3 Å². The lowest BCUT2D eigenvalue weighted by atomic mass is 10.1. The summed E-state index contributed by atoms with van der Waals surface area (Å²) in [6, 6.07) is 0. The molecule has 0 radical (unpaired) electrons. The van der Waals surface area contributed by atoms with E-state index in [1.165, 1.54) is 0 Å². The summed E-state index contributed by atoms with van der Waals surface area (Å²) in [5.41, 5.74) is 0.336. The smallest absolute Gasteiger partial charge is 0.146 e. The SMILES string of the molecule is CCCOC(=CC=O)C1CC1(C)C. The second-order valence-corrected chi connectivity index (χ2v) is 4.30. The Labute approximate surface area is 80.0 Å². The molecule has 0 aromatic heterocycles. The Morgan fingerprint density at radius 1 is 1.62 bits per heavy atom. The van der Waals surface area contributed by atoms with E-state index in [0.717, 1.165) is 24.9 Å². The number of aldehydes is 1. The van der Waals surface area contributed by atoms with Gasteiger partial charge in [0.15, 0.2) is 0 Å². The lowest BCUT2D eigenvalue weighted by Crippen LogP contribution is -2.01. The van der Waals surface area contributed by atoms with Gasteiger partial charge in [0.05, 0.1) is 6.61 Å². The van der Waals surface area contributed by atoms with Crippen LogP contribution in [0.5, 0.6) is 0 Å². The molecule has 1 aliphatic rings. The number of ether oxygens (including phenoxy) is 1. The predicted molar refractivity (Wildman–Crippen MR) is 52.3 cm³/mol. The molecule has 0 bridgehead atoms. The van der Waals surface area contributed by atoms with Crippen molar-refractivity contribution in [3.63, 3.8) is 0 Å². The number of hydrogen-bond donors (Lipinski definition) is 0. The molecule has 1 rings (SSSR count). The van der Waals surface area contributed by atoms with Gasteiger partial charge in [0, 0.05) is 12.0 Å². The third-order valence-electron chi connectivity index (χ3n) is 2.56. The Morgan fingerprint density at radius 3 is 2.62 bits per heavy atom. The van der Waals surface area contributed by atoms with E-state index < -0.39 is 0 Å². The van der Waals surface area contributed by atoms with Gasteiger partial charge in [-0.1, -0.05) is 20.8 Å². The summed E-state index contributed by atoms with van der Waals surface area (Å²) in [6.07, 6.45) is 4.51. The summed E-state index contributed by atoms with van der Waals surface area (Å²) in [5.74, 6) is 1.34. The molecule has 0 amide bonds. The van der Waals surface area contributed by atoms with E-state index in [4.69, 9.17) is 4.74 Å². The zero-order valence-electron chi connectivity index (χ0n) is 8.67. The summed E-state index contributed by atoms with van der Waals surface area (Å²) in [7, 11) is 0. The van der Waals surface area contributed by atoms with Crippen LogP contribution in [0.1, 0.15) is 33.6 Å². The molecule has 1 fully saturated rings. The topological polar surface area (TPSA) is 26.3 Å². The minimum Gasteiger partial charge on any atom is -0.498 e. The fourth-order valence-electron chi connectivity index (χ4n) is 1.50. The average molecular weight is 182 g/mol. The molecule has 1 saturated carbocycles. The van der Waals surface area contributed by atoms with E-state index in [9.17, 15) is 4.79 Å². The molecular weight excluding hydrogens is 164 g/mol. The second-order valence-electron chi connectivity index (χ2n) is 4.30. The summed E-state index contributed by atoms with van der Waals surface area (Å²) in [4.78, 5) is 10.4. The van der Waals surface area contributed by atoms with Gasteiger partial charge in [-0.15, -0.1) is 0 Å². The molecule has 0 N–H and O–H groups in total. The van der Waals surface area contributed by atoms with Gasteiger partial charge < -0.3 is 4.74 Å². The number of rotatable bonds is 5. The number of hydrogen-bond acceptors (Lipinski definition) is 2. The molecule has 1 aliphatic carbocycles. The monoisotopic (exact) mass is 182 g/mol. The first-order valence-corrected chi connectivity index (χ1v) is 4.90. The predicted octanol–water partition coefficient (Wildman–Crippen LogP) is 2.54. The maximum atomic E-state index is 10.4. The van der Waals surface area contributed by atoms with Crippen molar-refractivity contribution >= 4 is 6.29 Å². The Morgan fingerprint density at radius 2 is 2.23 bits per heavy atom. The van der Waals surface area contributed by atoms with Crippen LogP contribution in [0.15, 0.2) is 11.8 Å². The van der Waals surface area contributed by atoms with Crippen LogP contribution in [0.2, 0.25) is 0 Å². The minimum absolute atomic E-state index is 0.336. The molecule has 0 aliphatic heterocycles. The quantitative estimate of drug-likeness (QED) is 0.371. The van der Waals surface area contributed by atoms with Crippen LogP contribution in [0.4, 0.5) is 0 Å². The zero-order chi connectivity index (χ0) is 9.90. The molecule has 1 unspecified atom stereocenters. The van der Waals surface area contributed by atoms with E-state index in [-0.39, 0.29) is 0 Å². The van der Waals surface area contributed by atoms with Gasteiger partial charge in [-0.2, -0.15) is 0 Å². The average Bonchev–Trinajstić information content (AvgIpc) is 2.69. The maximum absolute atomic E-state index is 10.4. The van der Waals surface area contributed by atoms with Crippen molar-refractivity contribution in [3.05, 3.63) is 11.8 Å². The Kier molecular flexibility index (Phi) is 3.12. The lowest BCUT2D eigenvalue weighted by molar-refractivity contribution is -0.104. The van der Waals surface area contributed by atoms with E-state index in [0.29, 0.717) is 17.9 Å². The first-order valence-electron chi connectivity index (χ1n) is 4.90. The molecule has 2 nitrogen and oxygen atoms in total. The fraction of sp³-hybridized carbons (Fsp3) is 0.727. The Hall–Kier alpha value is -0.790. The molecule has 0 saturated heterocycles. The van der Waals surface area contributed by atoms with Gasteiger partial charge in [-0.05, 0) is 18.3 Å². The number of carbonyl (C=O) groups excluding carboxylic acids is 1. The number of carbonyl (C=O) groups is 1. The first-order chi connectivity index (χ1) is 6.11. The molecule has 74 valence electrons. The Balaban J connectivity index is 2.50. The maximum Gasteiger partial charge on any atom is 0.146 e. The molecule has 0 aromatic rings. The molecule has 0 spiro atoms. The van der Waals surface area contributed by atoms with Gasteiger partial charge in [-0.25, -0.2) is 0 Å². The molecule has 0 heterocycles. The third-order valence-corrected chi connectivity index (χ3v) is 2.56. The highest BCUT2D eigenvalue weighted by atomic mass is 16.5. The van der Waals surface area contributed by atoms with Gasteiger partial charge in [0.2, 0.25) is 0 Å². The van der Waals surface area contributed by atoms with Crippen molar-refractivity contribution in [3.8, 4) is 0 Å². The van der Waals surface area contributed by atoms with Crippen LogP contribution in [-0.4, -0.2) is 12.9 Å². The normalized spacial score (nSPS) is 25.5. The fourth-order valence-corrected chi connectivity index (χ4v) is 1.50. The summed E-state index contributed by atoms with van der Waals surface area (Å²) >= 11 is 0.